The Balaban J connectivity index is 1.82. The summed E-state index contributed by atoms with van der Waals surface area (Å²) in [5.74, 6) is -0.0324. The standard InChI is InChI=1S/C23H29N5O4S/c24-22(25)26-13-7-12-19(21(30)33-16-18-10-5-2-6-11-18)28-20(29)14-27-23(31)32-15-17-8-3-1-4-9-17/h1-6,8-11,19H,7,12-16H2,(H,27,31)(H,28,29)(H4,24,25,26)/t19-/m0/s1. The molecule has 6 N–H and O–H groups in total. The predicted octanol–water partition coefficient (Wildman–Crippen LogP) is 1.91. The third-order valence-corrected chi connectivity index (χ3v) is 5.44. The van der Waals surface area contributed by atoms with Crippen molar-refractivity contribution in [1.82, 2.24) is 10.6 Å². The molecule has 0 aromatic heterocycles. The van der Waals surface area contributed by atoms with Crippen LogP contribution in [0.4, 0.5) is 4.79 Å². The van der Waals surface area contributed by atoms with Crippen molar-refractivity contribution >= 4 is 34.8 Å². The highest BCUT2D eigenvalue weighted by atomic mass is 32.2. The highest BCUT2D eigenvalue weighted by Crippen LogP contribution is 2.16. The molecule has 2 aromatic rings. The molecule has 176 valence electrons. The van der Waals surface area contributed by atoms with Gasteiger partial charge in [-0.1, -0.05) is 72.4 Å². The van der Waals surface area contributed by atoms with E-state index in [-0.39, 0.29) is 24.2 Å². The third kappa shape index (κ3) is 11.1. The van der Waals surface area contributed by atoms with E-state index in [2.05, 4.69) is 15.6 Å². The fraction of sp³-hybridized carbons (Fsp3) is 0.304. The number of benzene rings is 2. The van der Waals surface area contributed by atoms with Gasteiger partial charge in [0, 0.05) is 12.3 Å². The average molecular weight is 472 g/mol. The Morgan fingerprint density at radius 1 is 0.970 bits per heavy atom. The topological polar surface area (TPSA) is 149 Å². The molecule has 0 aliphatic heterocycles. The van der Waals surface area contributed by atoms with Crippen molar-refractivity contribution in [2.45, 2.75) is 31.2 Å². The van der Waals surface area contributed by atoms with Gasteiger partial charge in [-0.3, -0.25) is 14.6 Å². The summed E-state index contributed by atoms with van der Waals surface area (Å²) < 4.78 is 5.08. The number of hydrogen-bond acceptors (Lipinski definition) is 6. The number of alkyl carbamates (subject to hydrolysis) is 1. The van der Waals surface area contributed by atoms with Gasteiger partial charge < -0.3 is 26.8 Å². The van der Waals surface area contributed by atoms with E-state index >= 15 is 0 Å². The van der Waals surface area contributed by atoms with E-state index in [1.165, 1.54) is 0 Å². The van der Waals surface area contributed by atoms with Gasteiger partial charge in [0.1, 0.15) is 13.2 Å². The van der Waals surface area contributed by atoms with Gasteiger partial charge >= 0.3 is 6.09 Å². The second kappa shape index (κ2) is 14.5. The molecule has 0 bridgehead atoms. The Morgan fingerprint density at radius 3 is 2.24 bits per heavy atom. The Kier molecular flexibility index (Phi) is 11.3. The maximum Gasteiger partial charge on any atom is 0.407 e. The predicted molar refractivity (Wildman–Crippen MR) is 129 cm³/mol. The van der Waals surface area contributed by atoms with Crippen LogP contribution in [-0.4, -0.2) is 42.2 Å². The number of rotatable bonds is 12. The van der Waals surface area contributed by atoms with E-state index in [1.807, 2.05) is 60.7 Å². The van der Waals surface area contributed by atoms with Crippen molar-refractivity contribution in [3.63, 3.8) is 0 Å². The molecule has 33 heavy (non-hydrogen) atoms. The summed E-state index contributed by atoms with van der Waals surface area (Å²) in [6, 6.07) is 18.0. The minimum atomic E-state index is -0.734. The van der Waals surface area contributed by atoms with E-state index in [1.54, 1.807) is 0 Å². The highest BCUT2D eigenvalue weighted by molar-refractivity contribution is 8.13. The van der Waals surface area contributed by atoms with Crippen molar-refractivity contribution < 1.29 is 19.1 Å². The van der Waals surface area contributed by atoms with Crippen LogP contribution >= 0.6 is 11.8 Å². The van der Waals surface area contributed by atoms with Crippen LogP contribution in [0.25, 0.3) is 0 Å². The molecule has 2 amide bonds. The highest BCUT2D eigenvalue weighted by Gasteiger charge is 2.21. The van der Waals surface area contributed by atoms with Crippen LogP contribution < -0.4 is 22.1 Å². The lowest BCUT2D eigenvalue weighted by Crippen LogP contribution is -2.45. The Morgan fingerprint density at radius 2 is 1.61 bits per heavy atom. The smallest absolute Gasteiger partial charge is 0.407 e. The van der Waals surface area contributed by atoms with Crippen LogP contribution in [0.5, 0.6) is 0 Å². The number of guanidine groups is 1. The van der Waals surface area contributed by atoms with Crippen LogP contribution in [0, 0.1) is 0 Å². The molecule has 0 spiro atoms. The monoisotopic (exact) mass is 471 g/mol. The number of carbonyl (C=O) groups is 3. The number of thioether (sulfide) groups is 1. The molecule has 0 unspecified atom stereocenters. The zero-order valence-corrected chi connectivity index (χ0v) is 19.1. The largest absolute Gasteiger partial charge is 0.445 e. The molecule has 0 radical (unpaired) electrons. The van der Waals surface area contributed by atoms with Crippen LogP contribution in [0.2, 0.25) is 0 Å². The number of ether oxygens (including phenoxy) is 1. The van der Waals surface area contributed by atoms with Crippen molar-refractivity contribution in [3.05, 3.63) is 71.8 Å². The van der Waals surface area contributed by atoms with Crippen LogP contribution in [0.15, 0.2) is 65.7 Å². The summed E-state index contributed by atoms with van der Waals surface area (Å²) in [4.78, 5) is 40.8. The van der Waals surface area contributed by atoms with E-state index in [9.17, 15) is 14.4 Å². The number of carbonyl (C=O) groups excluding carboxylic acids is 3. The second-order valence-corrected chi connectivity index (χ2v) is 8.06. The zero-order chi connectivity index (χ0) is 23.9. The number of aliphatic imine (C=N–C) groups is 1. The van der Waals surface area contributed by atoms with Gasteiger partial charge in [-0.2, -0.15) is 0 Å². The first-order valence-corrected chi connectivity index (χ1v) is 11.4. The summed E-state index contributed by atoms with van der Waals surface area (Å²) in [5.41, 5.74) is 12.5. The zero-order valence-electron chi connectivity index (χ0n) is 18.2. The molecule has 2 rings (SSSR count). The van der Waals surface area contributed by atoms with Gasteiger partial charge in [-0.15, -0.1) is 0 Å². The molecule has 0 saturated carbocycles. The van der Waals surface area contributed by atoms with Gasteiger partial charge in [-0.05, 0) is 24.0 Å². The molecule has 9 nitrogen and oxygen atoms in total. The van der Waals surface area contributed by atoms with Crippen molar-refractivity contribution in [3.8, 4) is 0 Å². The maximum absolute atomic E-state index is 12.7. The normalized spacial score (nSPS) is 11.2. The summed E-state index contributed by atoms with van der Waals surface area (Å²) in [5, 5.41) is 4.89. The molecule has 0 fully saturated rings. The molecular weight excluding hydrogens is 442 g/mol. The summed E-state index contributed by atoms with van der Waals surface area (Å²) in [6.45, 7) is 0.125. The van der Waals surface area contributed by atoms with E-state index < -0.39 is 18.0 Å². The molecule has 10 heteroatoms. The molecule has 0 aliphatic rings. The first kappa shape index (κ1) is 25.7. The second-order valence-electron chi connectivity index (χ2n) is 7.08. The molecule has 2 aromatic carbocycles. The van der Waals surface area contributed by atoms with Crippen molar-refractivity contribution in [2.24, 2.45) is 16.5 Å². The van der Waals surface area contributed by atoms with Crippen LogP contribution in [0.3, 0.4) is 0 Å². The number of hydrogen-bond donors (Lipinski definition) is 4. The molecule has 0 aliphatic carbocycles. The Labute approximate surface area is 197 Å². The third-order valence-electron chi connectivity index (χ3n) is 4.39. The number of nitrogens with zero attached hydrogens (tertiary/aromatic N) is 1. The van der Waals surface area contributed by atoms with Crippen LogP contribution in [0.1, 0.15) is 24.0 Å². The minimum Gasteiger partial charge on any atom is -0.445 e. The molecular formula is C23H29N5O4S. The van der Waals surface area contributed by atoms with Gasteiger partial charge in [0.15, 0.2) is 5.96 Å². The van der Waals surface area contributed by atoms with Crippen molar-refractivity contribution in [2.75, 3.05) is 13.1 Å². The summed E-state index contributed by atoms with van der Waals surface area (Å²) in [7, 11) is 0. The first-order valence-electron chi connectivity index (χ1n) is 10.4. The molecule has 0 heterocycles. The summed E-state index contributed by atoms with van der Waals surface area (Å²) in [6.07, 6.45) is 0.150. The minimum absolute atomic E-state index is 0.0291. The first-order chi connectivity index (χ1) is 15.9. The van der Waals surface area contributed by atoms with Gasteiger partial charge in [0.25, 0.3) is 0 Å². The fourth-order valence-electron chi connectivity index (χ4n) is 2.75. The Hall–Kier alpha value is -3.53. The lowest BCUT2D eigenvalue weighted by Gasteiger charge is -2.17. The van der Waals surface area contributed by atoms with Gasteiger partial charge in [-0.25, -0.2) is 4.79 Å². The number of amides is 2. The van der Waals surface area contributed by atoms with Gasteiger partial charge in [0.05, 0.1) is 6.04 Å². The van der Waals surface area contributed by atoms with E-state index in [0.717, 1.165) is 22.9 Å². The average Bonchev–Trinajstić information content (AvgIpc) is 2.83. The lowest BCUT2D eigenvalue weighted by molar-refractivity contribution is -0.124. The van der Waals surface area contributed by atoms with Crippen molar-refractivity contribution in [1.29, 1.82) is 0 Å². The molecule has 1 atom stereocenters. The lowest BCUT2D eigenvalue weighted by atomic mass is 10.1. The Bertz CT molecular complexity index is 921. The van der Waals surface area contributed by atoms with Crippen LogP contribution in [-0.2, 0) is 26.7 Å². The SMILES string of the molecule is NC(N)=NCCC[C@H](NC(=O)CNC(=O)OCc1ccccc1)C(=O)SCc1ccccc1. The van der Waals surface area contributed by atoms with Gasteiger partial charge in [0.2, 0.25) is 11.0 Å². The summed E-state index contributed by atoms with van der Waals surface area (Å²) >= 11 is 1.12. The number of nitrogens with two attached hydrogens (primary N) is 2. The van der Waals surface area contributed by atoms with E-state index in [0.29, 0.717) is 25.1 Å². The quantitative estimate of drug-likeness (QED) is 0.210. The fourth-order valence-corrected chi connectivity index (χ4v) is 3.63. The maximum atomic E-state index is 12.7. The number of nitrogens with one attached hydrogen (secondary N) is 2. The van der Waals surface area contributed by atoms with E-state index in [4.69, 9.17) is 16.2 Å². The molecule has 0 saturated heterocycles.